The summed E-state index contributed by atoms with van der Waals surface area (Å²) in [6.07, 6.45) is 1.69. The standard InChI is InChI=1S/C12H15F2N3/c13-10-3-2-9(8-11(10)14)4-7-17-12-15-5-1-6-16-12/h2-3,8H,1,4-7H2,(H2,15,16,17). The lowest BCUT2D eigenvalue weighted by Gasteiger charge is -2.15. The van der Waals surface area contributed by atoms with Crippen molar-refractivity contribution in [2.75, 3.05) is 19.6 Å². The van der Waals surface area contributed by atoms with Crippen LogP contribution in [0.25, 0.3) is 0 Å². The van der Waals surface area contributed by atoms with Crippen LogP contribution < -0.4 is 10.6 Å². The Bertz CT molecular complexity index is 418. The van der Waals surface area contributed by atoms with Crippen molar-refractivity contribution in [3.8, 4) is 0 Å². The Kier molecular flexibility index (Phi) is 3.90. The molecule has 5 heteroatoms. The average Bonchev–Trinajstić information content (AvgIpc) is 2.35. The third-order valence-corrected chi connectivity index (χ3v) is 2.59. The predicted octanol–water partition coefficient (Wildman–Crippen LogP) is 1.45. The molecule has 0 atom stereocenters. The van der Waals surface area contributed by atoms with Crippen molar-refractivity contribution in [2.24, 2.45) is 4.99 Å². The minimum atomic E-state index is -0.806. The molecule has 0 amide bonds. The van der Waals surface area contributed by atoms with E-state index >= 15 is 0 Å². The molecule has 92 valence electrons. The van der Waals surface area contributed by atoms with Gasteiger partial charge in [-0.05, 0) is 30.5 Å². The van der Waals surface area contributed by atoms with Crippen molar-refractivity contribution in [2.45, 2.75) is 12.8 Å². The molecule has 3 nitrogen and oxygen atoms in total. The van der Waals surface area contributed by atoms with Crippen LogP contribution in [0.4, 0.5) is 8.78 Å². The molecule has 1 aromatic rings. The molecule has 17 heavy (non-hydrogen) atoms. The minimum absolute atomic E-state index is 0.637. The highest BCUT2D eigenvalue weighted by molar-refractivity contribution is 5.80. The Labute approximate surface area is 98.9 Å². The number of aliphatic imine (C=N–C) groups is 1. The van der Waals surface area contributed by atoms with Gasteiger partial charge in [0.25, 0.3) is 0 Å². The summed E-state index contributed by atoms with van der Waals surface area (Å²) in [5, 5.41) is 6.26. The number of guanidine groups is 1. The molecular formula is C12H15F2N3. The van der Waals surface area contributed by atoms with Crippen LogP contribution in [0.15, 0.2) is 23.2 Å². The second-order valence-corrected chi connectivity index (χ2v) is 3.94. The summed E-state index contributed by atoms with van der Waals surface area (Å²) in [7, 11) is 0. The molecule has 0 aromatic heterocycles. The predicted molar refractivity (Wildman–Crippen MR) is 63.0 cm³/mol. The number of benzene rings is 1. The van der Waals surface area contributed by atoms with Crippen molar-refractivity contribution in [1.82, 2.24) is 10.6 Å². The Balaban J connectivity index is 1.81. The van der Waals surface area contributed by atoms with Gasteiger partial charge in [0.15, 0.2) is 17.6 Å². The summed E-state index contributed by atoms with van der Waals surface area (Å²) in [4.78, 5) is 4.25. The van der Waals surface area contributed by atoms with E-state index in [0.29, 0.717) is 13.0 Å². The topological polar surface area (TPSA) is 36.4 Å². The summed E-state index contributed by atoms with van der Waals surface area (Å²) in [6, 6.07) is 3.98. The highest BCUT2D eigenvalue weighted by atomic mass is 19.2. The van der Waals surface area contributed by atoms with Crippen LogP contribution in [0.3, 0.4) is 0 Å². The maximum absolute atomic E-state index is 12.9. The second-order valence-electron chi connectivity index (χ2n) is 3.94. The lowest BCUT2D eigenvalue weighted by Crippen LogP contribution is -2.41. The van der Waals surface area contributed by atoms with E-state index in [1.54, 1.807) is 6.07 Å². The largest absolute Gasteiger partial charge is 0.356 e. The highest BCUT2D eigenvalue weighted by Gasteiger charge is 2.04. The number of hydrogen-bond acceptors (Lipinski definition) is 3. The molecule has 0 unspecified atom stereocenters. The molecule has 0 saturated heterocycles. The summed E-state index contributed by atoms with van der Waals surface area (Å²) < 4.78 is 25.6. The number of nitrogens with one attached hydrogen (secondary N) is 2. The first-order chi connectivity index (χ1) is 8.25. The summed E-state index contributed by atoms with van der Waals surface area (Å²) in [5.41, 5.74) is 0.771. The quantitative estimate of drug-likeness (QED) is 0.837. The van der Waals surface area contributed by atoms with Gasteiger partial charge >= 0.3 is 0 Å². The normalized spacial score (nSPS) is 15.1. The molecule has 0 bridgehead atoms. The van der Waals surface area contributed by atoms with Gasteiger partial charge in [-0.1, -0.05) is 6.07 Å². The van der Waals surface area contributed by atoms with E-state index in [9.17, 15) is 8.78 Å². The first-order valence-electron chi connectivity index (χ1n) is 5.72. The van der Waals surface area contributed by atoms with Gasteiger partial charge in [-0.3, -0.25) is 4.99 Å². The van der Waals surface area contributed by atoms with Crippen LogP contribution in [0.1, 0.15) is 12.0 Å². The van der Waals surface area contributed by atoms with Crippen LogP contribution in [0, 0.1) is 11.6 Å². The van der Waals surface area contributed by atoms with Gasteiger partial charge in [0.1, 0.15) is 0 Å². The van der Waals surface area contributed by atoms with E-state index in [1.807, 2.05) is 0 Å². The molecule has 1 heterocycles. The lowest BCUT2D eigenvalue weighted by molar-refractivity contribution is 0.507. The molecule has 0 aliphatic carbocycles. The number of rotatable bonds is 3. The van der Waals surface area contributed by atoms with E-state index in [0.717, 1.165) is 37.1 Å². The third kappa shape index (κ3) is 3.41. The van der Waals surface area contributed by atoms with E-state index in [-0.39, 0.29) is 0 Å². The van der Waals surface area contributed by atoms with Gasteiger partial charge in [-0.25, -0.2) is 8.78 Å². The first kappa shape index (κ1) is 11.8. The third-order valence-electron chi connectivity index (χ3n) is 2.59. The zero-order valence-corrected chi connectivity index (χ0v) is 9.47. The number of hydrogen-bond donors (Lipinski definition) is 2. The molecule has 1 aliphatic rings. The van der Waals surface area contributed by atoms with E-state index in [1.165, 1.54) is 6.07 Å². The molecule has 0 spiro atoms. The molecule has 2 rings (SSSR count). The van der Waals surface area contributed by atoms with Crippen molar-refractivity contribution in [3.05, 3.63) is 35.4 Å². The Hall–Kier alpha value is -1.65. The number of halogens is 2. The molecule has 1 aromatic carbocycles. The van der Waals surface area contributed by atoms with Crippen LogP contribution in [0.5, 0.6) is 0 Å². The fraction of sp³-hybridized carbons (Fsp3) is 0.417. The second kappa shape index (κ2) is 5.61. The van der Waals surface area contributed by atoms with E-state index < -0.39 is 11.6 Å². The van der Waals surface area contributed by atoms with Gasteiger partial charge in [0, 0.05) is 19.6 Å². The van der Waals surface area contributed by atoms with Crippen LogP contribution in [0.2, 0.25) is 0 Å². The average molecular weight is 239 g/mol. The Morgan fingerprint density at radius 3 is 2.88 bits per heavy atom. The fourth-order valence-corrected chi connectivity index (χ4v) is 1.67. The maximum Gasteiger partial charge on any atom is 0.191 e. The van der Waals surface area contributed by atoms with Crippen molar-refractivity contribution in [1.29, 1.82) is 0 Å². The van der Waals surface area contributed by atoms with Gasteiger partial charge < -0.3 is 10.6 Å². The Morgan fingerprint density at radius 2 is 2.18 bits per heavy atom. The molecule has 1 aliphatic heterocycles. The summed E-state index contributed by atoms with van der Waals surface area (Å²) >= 11 is 0. The van der Waals surface area contributed by atoms with E-state index in [2.05, 4.69) is 15.6 Å². The zero-order chi connectivity index (χ0) is 12.1. The van der Waals surface area contributed by atoms with Crippen LogP contribution in [-0.4, -0.2) is 25.6 Å². The van der Waals surface area contributed by atoms with Crippen molar-refractivity contribution >= 4 is 5.96 Å². The minimum Gasteiger partial charge on any atom is -0.356 e. The molecule has 2 N–H and O–H groups in total. The summed E-state index contributed by atoms with van der Waals surface area (Å²) in [6.45, 7) is 2.41. The molecule has 0 radical (unpaired) electrons. The van der Waals surface area contributed by atoms with Crippen molar-refractivity contribution < 1.29 is 8.78 Å². The molecule has 0 saturated carbocycles. The maximum atomic E-state index is 12.9. The van der Waals surface area contributed by atoms with Crippen LogP contribution in [-0.2, 0) is 6.42 Å². The van der Waals surface area contributed by atoms with Crippen molar-refractivity contribution in [3.63, 3.8) is 0 Å². The first-order valence-corrected chi connectivity index (χ1v) is 5.72. The van der Waals surface area contributed by atoms with E-state index in [4.69, 9.17) is 0 Å². The van der Waals surface area contributed by atoms with Gasteiger partial charge in [0.05, 0.1) is 0 Å². The van der Waals surface area contributed by atoms with Gasteiger partial charge in [-0.15, -0.1) is 0 Å². The Morgan fingerprint density at radius 1 is 1.29 bits per heavy atom. The SMILES string of the molecule is Fc1ccc(CCNC2=NCCCN2)cc1F. The van der Waals surface area contributed by atoms with Crippen LogP contribution >= 0.6 is 0 Å². The summed E-state index contributed by atoms with van der Waals surface area (Å²) in [5.74, 6) is -0.811. The zero-order valence-electron chi connectivity index (χ0n) is 9.47. The fourth-order valence-electron chi connectivity index (χ4n) is 1.67. The smallest absolute Gasteiger partial charge is 0.191 e. The monoisotopic (exact) mass is 239 g/mol. The lowest BCUT2D eigenvalue weighted by atomic mass is 10.1. The van der Waals surface area contributed by atoms with Gasteiger partial charge in [0.2, 0.25) is 0 Å². The van der Waals surface area contributed by atoms with Gasteiger partial charge in [-0.2, -0.15) is 0 Å². The number of nitrogens with zero attached hydrogens (tertiary/aromatic N) is 1. The highest BCUT2D eigenvalue weighted by Crippen LogP contribution is 2.08. The molecule has 0 fully saturated rings. The molecular weight excluding hydrogens is 224 g/mol.